The van der Waals surface area contributed by atoms with Gasteiger partial charge in [0.25, 0.3) is 5.91 Å². The van der Waals surface area contributed by atoms with Crippen LogP contribution in [0.25, 0.3) is 0 Å². The summed E-state index contributed by atoms with van der Waals surface area (Å²) in [6, 6.07) is 12.9. The molecule has 0 fully saturated rings. The van der Waals surface area contributed by atoms with E-state index in [1.807, 2.05) is 24.3 Å². The van der Waals surface area contributed by atoms with Crippen molar-refractivity contribution in [3.05, 3.63) is 54.1 Å². The molecular weight excluding hydrogens is 354 g/mol. The van der Waals surface area contributed by atoms with Crippen LogP contribution in [0.2, 0.25) is 0 Å². The van der Waals surface area contributed by atoms with E-state index in [-0.39, 0.29) is 17.4 Å². The molecular formula is C19H22NO5S-. The first-order valence-electron chi connectivity index (χ1n) is 8.27. The van der Waals surface area contributed by atoms with Crippen LogP contribution < -0.4 is 9.64 Å². The van der Waals surface area contributed by atoms with Crippen LogP contribution in [0.5, 0.6) is 5.75 Å². The minimum Gasteiger partial charge on any atom is -0.744 e. The van der Waals surface area contributed by atoms with Crippen LogP contribution in [-0.2, 0) is 14.9 Å². The molecule has 0 spiro atoms. The average molecular weight is 376 g/mol. The molecule has 0 aliphatic rings. The van der Waals surface area contributed by atoms with Crippen LogP contribution in [-0.4, -0.2) is 32.5 Å². The van der Waals surface area contributed by atoms with Gasteiger partial charge in [0.2, 0.25) is 0 Å². The Morgan fingerprint density at radius 2 is 1.85 bits per heavy atom. The number of rotatable bonds is 7. The van der Waals surface area contributed by atoms with Gasteiger partial charge in [-0.3, -0.25) is 4.79 Å². The molecule has 0 aromatic heterocycles. The van der Waals surface area contributed by atoms with E-state index in [1.54, 1.807) is 6.07 Å². The number of carbonyl (C=O) groups excluding carboxylic acids is 1. The lowest BCUT2D eigenvalue weighted by molar-refractivity contribution is -0.120. The smallest absolute Gasteiger partial charge is 0.264 e. The second kappa shape index (κ2) is 8.33. The Morgan fingerprint density at radius 1 is 1.19 bits per heavy atom. The van der Waals surface area contributed by atoms with Crippen molar-refractivity contribution in [1.29, 1.82) is 0 Å². The fraction of sp³-hybridized carbons (Fsp3) is 0.316. The summed E-state index contributed by atoms with van der Waals surface area (Å²) < 4.78 is 38.8. The lowest BCUT2D eigenvalue weighted by atomic mass is 9.99. The third-order valence-corrected chi connectivity index (χ3v) is 5.12. The van der Waals surface area contributed by atoms with Crippen molar-refractivity contribution in [1.82, 2.24) is 0 Å². The first-order chi connectivity index (χ1) is 12.2. The van der Waals surface area contributed by atoms with Gasteiger partial charge in [-0.05, 0) is 48.2 Å². The van der Waals surface area contributed by atoms with Crippen molar-refractivity contribution in [2.75, 3.05) is 18.6 Å². The van der Waals surface area contributed by atoms with Gasteiger partial charge >= 0.3 is 0 Å². The molecule has 0 saturated heterocycles. The lowest BCUT2D eigenvalue weighted by Crippen LogP contribution is -2.31. The predicted octanol–water partition coefficient (Wildman–Crippen LogP) is 3.15. The fourth-order valence-corrected chi connectivity index (χ4v) is 2.87. The monoisotopic (exact) mass is 376 g/mol. The number of carbonyl (C=O) groups is 1. The van der Waals surface area contributed by atoms with Gasteiger partial charge in [-0.2, -0.15) is 0 Å². The highest BCUT2D eigenvalue weighted by atomic mass is 32.2. The van der Waals surface area contributed by atoms with Crippen LogP contribution in [0, 0.1) is 0 Å². The molecule has 0 aliphatic heterocycles. The molecule has 140 valence electrons. The van der Waals surface area contributed by atoms with Crippen LogP contribution in [0.1, 0.15) is 31.7 Å². The van der Waals surface area contributed by atoms with Crippen molar-refractivity contribution in [3.8, 4) is 5.75 Å². The number of likely N-dealkylation sites (N-methyl/N-ethyl adjacent to an activating group) is 1. The Bertz CT molecular complexity index is 862. The van der Waals surface area contributed by atoms with Crippen LogP contribution in [0.3, 0.4) is 0 Å². The standard InChI is InChI=1S/C19H23NO5S/c1-4-14(2)15-8-10-17(11-9-15)25-13-19(21)20(3)16-6-5-7-18(12-16)26(22,23)24/h5-12,14H,4,13H2,1-3H3,(H,22,23,24)/p-1. The van der Waals surface area contributed by atoms with Crippen molar-refractivity contribution in [3.63, 3.8) is 0 Å². The van der Waals surface area contributed by atoms with Crippen molar-refractivity contribution < 1.29 is 22.5 Å². The van der Waals surface area contributed by atoms with Gasteiger partial charge in [-0.1, -0.05) is 32.0 Å². The summed E-state index contributed by atoms with van der Waals surface area (Å²) in [4.78, 5) is 13.1. The van der Waals surface area contributed by atoms with Crippen LogP contribution in [0.4, 0.5) is 5.69 Å². The maximum absolute atomic E-state index is 12.3. The highest BCUT2D eigenvalue weighted by Crippen LogP contribution is 2.22. The molecule has 2 aromatic carbocycles. The molecule has 0 saturated carbocycles. The Labute approximate surface area is 154 Å². The molecule has 6 nitrogen and oxygen atoms in total. The Hall–Kier alpha value is -2.38. The quantitative estimate of drug-likeness (QED) is 0.693. The summed E-state index contributed by atoms with van der Waals surface area (Å²) in [6.45, 7) is 4.06. The summed E-state index contributed by atoms with van der Waals surface area (Å²) in [5.74, 6) is 0.674. The summed E-state index contributed by atoms with van der Waals surface area (Å²) in [5, 5.41) is 0. The van der Waals surface area contributed by atoms with Gasteiger partial charge in [-0.25, -0.2) is 8.42 Å². The number of benzene rings is 2. The van der Waals surface area contributed by atoms with E-state index in [0.717, 1.165) is 6.42 Å². The third-order valence-electron chi connectivity index (χ3n) is 4.29. The number of hydrogen-bond acceptors (Lipinski definition) is 5. The summed E-state index contributed by atoms with van der Waals surface area (Å²) in [6.07, 6.45) is 1.04. The zero-order chi connectivity index (χ0) is 19.3. The molecule has 0 heterocycles. The molecule has 0 aliphatic carbocycles. The maximum atomic E-state index is 12.3. The summed E-state index contributed by atoms with van der Waals surface area (Å²) in [7, 11) is -3.08. The molecule has 1 unspecified atom stereocenters. The minimum absolute atomic E-state index is 0.201. The highest BCUT2D eigenvalue weighted by molar-refractivity contribution is 7.85. The largest absolute Gasteiger partial charge is 0.744 e. The molecule has 26 heavy (non-hydrogen) atoms. The van der Waals surface area contributed by atoms with Crippen molar-refractivity contribution in [2.24, 2.45) is 0 Å². The zero-order valence-corrected chi connectivity index (χ0v) is 15.8. The molecule has 0 radical (unpaired) electrons. The number of nitrogens with zero attached hydrogens (tertiary/aromatic N) is 1. The molecule has 7 heteroatoms. The summed E-state index contributed by atoms with van der Waals surface area (Å²) >= 11 is 0. The average Bonchev–Trinajstić information content (AvgIpc) is 2.64. The second-order valence-corrected chi connectivity index (χ2v) is 7.45. The van der Waals surface area contributed by atoms with Gasteiger partial charge < -0.3 is 14.2 Å². The number of hydrogen-bond donors (Lipinski definition) is 0. The van der Waals surface area contributed by atoms with Gasteiger partial charge in [0.15, 0.2) is 6.61 Å². The number of anilines is 1. The lowest BCUT2D eigenvalue weighted by Gasteiger charge is -2.19. The van der Waals surface area contributed by atoms with Gasteiger partial charge in [0.1, 0.15) is 15.9 Å². The Balaban J connectivity index is 2.01. The van der Waals surface area contributed by atoms with Gasteiger partial charge in [0.05, 0.1) is 4.90 Å². The van der Waals surface area contributed by atoms with Crippen molar-refractivity contribution in [2.45, 2.75) is 31.1 Å². The molecule has 1 amide bonds. The first-order valence-corrected chi connectivity index (χ1v) is 9.68. The normalized spacial score (nSPS) is 12.5. The van der Waals surface area contributed by atoms with E-state index in [1.165, 1.54) is 35.7 Å². The van der Waals surface area contributed by atoms with Crippen molar-refractivity contribution >= 4 is 21.7 Å². The highest BCUT2D eigenvalue weighted by Gasteiger charge is 2.13. The molecule has 0 N–H and O–H groups in total. The zero-order valence-electron chi connectivity index (χ0n) is 15.0. The third kappa shape index (κ3) is 5.06. The molecule has 0 bridgehead atoms. The Kier molecular flexibility index (Phi) is 6.39. The Morgan fingerprint density at radius 3 is 2.42 bits per heavy atom. The second-order valence-electron chi connectivity index (χ2n) is 6.07. The van der Waals surface area contributed by atoms with E-state index >= 15 is 0 Å². The first kappa shape index (κ1) is 19.9. The number of ether oxygens (including phenoxy) is 1. The molecule has 1 atom stereocenters. The van der Waals surface area contributed by atoms with Gasteiger partial charge in [-0.15, -0.1) is 0 Å². The maximum Gasteiger partial charge on any atom is 0.264 e. The van der Waals surface area contributed by atoms with Crippen LogP contribution >= 0.6 is 0 Å². The summed E-state index contributed by atoms with van der Waals surface area (Å²) in [5.41, 5.74) is 1.52. The van der Waals surface area contributed by atoms with E-state index < -0.39 is 10.1 Å². The SMILES string of the molecule is CCC(C)c1ccc(OCC(=O)N(C)c2cccc(S(=O)(=O)[O-])c2)cc1. The topological polar surface area (TPSA) is 86.7 Å². The van der Waals surface area contributed by atoms with Gasteiger partial charge in [0, 0.05) is 12.7 Å². The molecule has 2 aromatic rings. The fourth-order valence-electron chi connectivity index (χ4n) is 2.36. The van der Waals surface area contributed by atoms with E-state index in [2.05, 4.69) is 13.8 Å². The minimum atomic E-state index is -4.57. The number of amides is 1. The van der Waals surface area contributed by atoms with E-state index in [9.17, 15) is 17.8 Å². The molecule has 2 rings (SSSR count). The van der Waals surface area contributed by atoms with E-state index in [4.69, 9.17) is 4.74 Å². The van der Waals surface area contributed by atoms with E-state index in [0.29, 0.717) is 17.4 Å². The van der Waals surface area contributed by atoms with Crippen LogP contribution in [0.15, 0.2) is 53.4 Å². The predicted molar refractivity (Wildman–Crippen MR) is 98.5 cm³/mol.